The van der Waals surface area contributed by atoms with Crippen LogP contribution in [0.4, 0.5) is 0 Å². The molecule has 0 spiro atoms. The van der Waals surface area contributed by atoms with Gasteiger partial charge in [-0.05, 0) is 6.42 Å². The Morgan fingerprint density at radius 3 is 2.50 bits per heavy atom. The zero-order chi connectivity index (χ0) is 5.72. The molecule has 0 amide bonds. The van der Waals surface area contributed by atoms with Crippen molar-refractivity contribution in [2.75, 3.05) is 0 Å². The summed E-state index contributed by atoms with van der Waals surface area (Å²) < 4.78 is 0. The molecular formula is C8H13+. The lowest BCUT2D eigenvalue weighted by Crippen LogP contribution is -2.00. The summed E-state index contributed by atoms with van der Waals surface area (Å²) in [6.07, 6.45) is 2.87. The molecule has 0 aromatic rings. The van der Waals surface area contributed by atoms with E-state index in [9.17, 15) is 0 Å². The molecule has 0 heteroatoms. The summed E-state index contributed by atoms with van der Waals surface area (Å²) in [5, 5.41) is 0. The van der Waals surface area contributed by atoms with E-state index in [1.807, 2.05) is 5.92 Å². The molecule has 0 aromatic heterocycles. The summed E-state index contributed by atoms with van der Waals surface area (Å²) in [6, 6.07) is 0. The Bertz CT molecular complexity index is 98.6. The quantitative estimate of drug-likeness (QED) is 0.477. The summed E-state index contributed by atoms with van der Waals surface area (Å²) in [6.45, 7) is 4.67. The molecule has 0 radical (unpaired) electrons. The maximum Gasteiger partial charge on any atom is 0.184 e. The van der Waals surface area contributed by atoms with Gasteiger partial charge in [0.25, 0.3) is 0 Å². The predicted octanol–water partition coefficient (Wildman–Crippen LogP) is 2.26. The second kappa shape index (κ2) is 1.23. The predicted molar refractivity (Wildman–Crippen MR) is 34.3 cm³/mol. The molecule has 2 aliphatic carbocycles. The van der Waals surface area contributed by atoms with Crippen LogP contribution in [-0.4, -0.2) is 0 Å². The van der Waals surface area contributed by atoms with E-state index in [2.05, 4.69) is 13.8 Å². The molecule has 0 N–H and O–H groups in total. The monoisotopic (exact) mass is 109 g/mol. The van der Waals surface area contributed by atoms with Crippen molar-refractivity contribution in [3.05, 3.63) is 5.92 Å². The van der Waals surface area contributed by atoms with Crippen molar-refractivity contribution in [1.29, 1.82) is 0 Å². The minimum atomic E-state index is 1.00. The molecule has 8 heavy (non-hydrogen) atoms. The highest BCUT2D eigenvalue weighted by molar-refractivity contribution is 5.38. The van der Waals surface area contributed by atoms with E-state index in [4.69, 9.17) is 0 Å². The van der Waals surface area contributed by atoms with Gasteiger partial charge in [-0.1, -0.05) is 13.8 Å². The van der Waals surface area contributed by atoms with Crippen molar-refractivity contribution in [1.82, 2.24) is 0 Å². The smallest absolute Gasteiger partial charge is 0.0650 e. The summed E-state index contributed by atoms with van der Waals surface area (Å²) in [5.41, 5.74) is 0. The van der Waals surface area contributed by atoms with Crippen LogP contribution in [0.3, 0.4) is 0 Å². The lowest BCUT2D eigenvalue weighted by molar-refractivity contribution is 0.437. The first-order valence-corrected chi connectivity index (χ1v) is 3.70. The lowest BCUT2D eigenvalue weighted by atomic mass is 9.96. The number of hydrogen-bond acceptors (Lipinski definition) is 0. The second-order valence-corrected chi connectivity index (χ2v) is 3.30. The van der Waals surface area contributed by atoms with Gasteiger partial charge in [-0.3, -0.25) is 0 Å². The molecule has 0 nitrogen and oxygen atoms in total. The Kier molecular flexibility index (Phi) is 0.726. The van der Waals surface area contributed by atoms with Gasteiger partial charge in [0.15, 0.2) is 11.8 Å². The molecule has 0 aliphatic heterocycles. The van der Waals surface area contributed by atoms with Crippen molar-refractivity contribution in [2.45, 2.75) is 26.7 Å². The fraction of sp³-hybridized carbons (Fsp3) is 0.875. The van der Waals surface area contributed by atoms with Crippen LogP contribution in [0.25, 0.3) is 0 Å². The Morgan fingerprint density at radius 1 is 1.75 bits per heavy atom. The Labute approximate surface area is 51.3 Å². The van der Waals surface area contributed by atoms with Crippen LogP contribution < -0.4 is 0 Å². The maximum atomic E-state index is 2.38. The average Bonchev–Trinajstić information content (AvgIpc) is 2.47. The van der Waals surface area contributed by atoms with Gasteiger partial charge in [0.2, 0.25) is 0 Å². The summed E-state index contributed by atoms with van der Waals surface area (Å²) in [4.78, 5) is 0. The minimum absolute atomic E-state index is 1.00. The van der Waals surface area contributed by atoms with Crippen molar-refractivity contribution in [3.8, 4) is 0 Å². The average molecular weight is 109 g/mol. The van der Waals surface area contributed by atoms with Crippen LogP contribution in [-0.2, 0) is 0 Å². The molecule has 0 aromatic carbocycles. The van der Waals surface area contributed by atoms with Crippen molar-refractivity contribution in [3.63, 3.8) is 0 Å². The number of hydrogen-bond donors (Lipinski definition) is 0. The molecule has 44 valence electrons. The van der Waals surface area contributed by atoms with Gasteiger partial charge in [0, 0.05) is 5.92 Å². The fourth-order valence-corrected chi connectivity index (χ4v) is 1.72. The summed E-state index contributed by atoms with van der Waals surface area (Å²) >= 11 is 0. The molecule has 3 atom stereocenters. The summed E-state index contributed by atoms with van der Waals surface area (Å²) in [7, 11) is 0. The van der Waals surface area contributed by atoms with Gasteiger partial charge >= 0.3 is 0 Å². The molecule has 0 bridgehead atoms. The van der Waals surface area contributed by atoms with E-state index in [1.165, 1.54) is 12.8 Å². The Balaban J connectivity index is 1.82. The van der Waals surface area contributed by atoms with E-state index in [0.717, 1.165) is 17.8 Å². The highest BCUT2D eigenvalue weighted by Gasteiger charge is 2.82. The van der Waals surface area contributed by atoms with Crippen LogP contribution in [0.5, 0.6) is 0 Å². The van der Waals surface area contributed by atoms with Gasteiger partial charge in [-0.2, -0.15) is 0 Å². The molecule has 2 aliphatic rings. The van der Waals surface area contributed by atoms with Crippen molar-refractivity contribution >= 4 is 0 Å². The van der Waals surface area contributed by atoms with Crippen molar-refractivity contribution in [2.24, 2.45) is 17.8 Å². The van der Waals surface area contributed by atoms with Gasteiger partial charge in [-0.15, -0.1) is 0 Å². The summed E-state index contributed by atoms with van der Waals surface area (Å²) in [5.74, 6) is 5.12. The van der Waals surface area contributed by atoms with Gasteiger partial charge in [0.05, 0.1) is 0 Å². The largest absolute Gasteiger partial charge is 0.184 e. The Hall–Kier alpha value is -0.130. The SMILES string of the molecule is CCC(C)C1[C+]2CC21. The zero-order valence-electron chi connectivity index (χ0n) is 5.65. The first-order chi connectivity index (χ1) is 3.84. The molecule has 0 heterocycles. The molecule has 3 unspecified atom stereocenters. The van der Waals surface area contributed by atoms with Gasteiger partial charge in [0.1, 0.15) is 12.3 Å². The topological polar surface area (TPSA) is 0 Å². The van der Waals surface area contributed by atoms with Crippen LogP contribution in [0.1, 0.15) is 26.7 Å². The third kappa shape index (κ3) is 0.436. The first-order valence-electron chi connectivity index (χ1n) is 3.70. The van der Waals surface area contributed by atoms with Crippen molar-refractivity contribution < 1.29 is 0 Å². The third-order valence-electron chi connectivity index (χ3n) is 2.78. The van der Waals surface area contributed by atoms with Gasteiger partial charge < -0.3 is 0 Å². The Morgan fingerprint density at radius 2 is 2.38 bits per heavy atom. The lowest BCUT2D eigenvalue weighted by Gasteiger charge is -2.00. The van der Waals surface area contributed by atoms with E-state index < -0.39 is 0 Å². The van der Waals surface area contributed by atoms with E-state index in [0.29, 0.717) is 0 Å². The first kappa shape index (κ1) is 4.72. The molecule has 2 rings (SSSR count). The maximum absolute atomic E-state index is 2.38. The molecular weight excluding hydrogens is 96.1 g/mol. The fourth-order valence-electron chi connectivity index (χ4n) is 1.72. The molecule has 0 saturated heterocycles. The number of rotatable bonds is 2. The normalized spacial score (nSPS) is 43.5. The highest BCUT2D eigenvalue weighted by Crippen LogP contribution is 2.73. The van der Waals surface area contributed by atoms with Crippen LogP contribution in [0.15, 0.2) is 0 Å². The zero-order valence-corrected chi connectivity index (χ0v) is 5.65. The van der Waals surface area contributed by atoms with Crippen LogP contribution in [0.2, 0.25) is 0 Å². The number of fused-ring (bicyclic) bond motifs is 1. The second-order valence-electron chi connectivity index (χ2n) is 3.30. The van der Waals surface area contributed by atoms with Gasteiger partial charge in [-0.25, -0.2) is 0 Å². The van der Waals surface area contributed by atoms with Crippen LogP contribution >= 0.6 is 0 Å². The van der Waals surface area contributed by atoms with E-state index in [-0.39, 0.29) is 0 Å². The van der Waals surface area contributed by atoms with E-state index >= 15 is 0 Å². The standard InChI is InChI=1S/C8H13/c1-3-5(2)8-6-4-7(6)8/h5-6,8H,3-4H2,1-2H3/q+1. The van der Waals surface area contributed by atoms with E-state index in [1.54, 1.807) is 0 Å². The molecule has 2 saturated carbocycles. The van der Waals surface area contributed by atoms with Crippen LogP contribution in [0, 0.1) is 23.7 Å². The third-order valence-corrected chi connectivity index (χ3v) is 2.78. The molecule has 2 fully saturated rings. The highest BCUT2D eigenvalue weighted by atomic mass is 14.7. The minimum Gasteiger partial charge on any atom is -0.0650 e.